The van der Waals surface area contributed by atoms with Gasteiger partial charge in [-0.05, 0) is 11.6 Å². The van der Waals surface area contributed by atoms with Crippen LogP contribution in [0.15, 0.2) is 36.4 Å². The Hall–Kier alpha value is -1.29. The van der Waals surface area contributed by atoms with Crippen LogP contribution >= 0.6 is 0 Å². The Bertz CT molecular complexity index is 449. The molecule has 0 aliphatic carbocycles. The number of alkyl halides is 3. The monoisotopic (exact) mass is 212 g/mol. The summed E-state index contributed by atoms with van der Waals surface area (Å²) < 4.78 is 43.9. The third-order valence-corrected chi connectivity index (χ3v) is 2.91. The van der Waals surface area contributed by atoms with Crippen LogP contribution in [0.5, 0.6) is 0 Å². The van der Waals surface area contributed by atoms with Gasteiger partial charge in [0, 0.05) is 5.56 Å². The van der Waals surface area contributed by atoms with Crippen LogP contribution in [0.4, 0.5) is 13.2 Å². The zero-order chi connectivity index (χ0) is 10.7. The molecule has 0 spiro atoms. The van der Waals surface area contributed by atoms with Crippen molar-refractivity contribution in [2.75, 3.05) is 0 Å². The molecule has 2 aliphatic heterocycles. The number of benzene rings is 1. The molecule has 0 saturated carbocycles. The summed E-state index contributed by atoms with van der Waals surface area (Å²) in [5.41, 5.74) is -1.35. The highest BCUT2D eigenvalue weighted by Gasteiger charge is 2.63. The molecule has 2 heterocycles. The average Bonchev–Trinajstić information content (AvgIpc) is 2.74. The molecule has 15 heavy (non-hydrogen) atoms. The maximum atomic E-state index is 12.9. The van der Waals surface area contributed by atoms with Crippen molar-refractivity contribution >= 4 is 0 Å². The number of fused-ring (bicyclic) bond motifs is 5. The van der Waals surface area contributed by atoms with Gasteiger partial charge in [0.1, 0.15) is 6.10 Å². The summed E-state index contributed by atoms with van der Waals surface area (Å²) in [5.74, 6) is 0. The van der Waals surface area contributed by atoms with E-state index < -0.39 is 17.9 Å². The van der Waals surface area contributed by atoms with Gasteiger partial charge in [0.15, 0.2) is 0 Å². The van der Waals surface area contributed by atoms with Gasteiger partial charge in [0.2, 0.25) is 5.60 Å². The topological polar surface area (TPSA) is 9.23 Å². The molecule has 0 fully saturated rings. The van der Waals surface area contributed by atoms with Crippen molar-refractivity contribution < 1.29 is 17.9 Å². The lowest BCUT2D eigenvalue weighted by atomic mass is 9.87. The third kappa shape index (κ3) is 0.925. The van der Waals surface area contributed by atoms with Crippen molar-refractivity contribution in [3.05, 3.63) is 47.5 Å². The minimum atomic E-state index is -4.40. The molecular formula is C11H7F3O. The molecule has 2 atom stereocenters. The smallest absolute Gasteiger partial charge is 0.345 e. The van der Waals surface area contributed by atoms with E-state index in [-0.39, 0.29) is 5.56 Å². The third-order valence-electron chi connectivity index (χ3n) is 2.91. The quantitative estimate of drug-likeness (QED) is 0.600. The first-order valence-corrected chi connectivity index (χ1v) is 4.58. The van der Waals surface area contributed by atoms with Crippen molar-refractivity contribution in [2.24, 2.45) is 0 Å². The molecular weight excluding hydrogens is 205 g/mol. The van der Waals surface area contributed by atoms with Crippen LogP contribution in [0.25, 0.3) is 0 Å². The standard InChI is InChI=1S/C11H7F3O/c12-11(13,14)10-6-5-9(15-10)7-3-1-2-4-8(7)10/h1-6,9H. The normalized spacial score (nSPS) is 32.1. The van der Waals surface area contributed by atoms with Gasteiger partial charge >= 0.3 is 6.18 Å². The lowest BCUT2D eigenvalue weighted by molar-refractivity contribution is -0.256. The Balaban J connectivity index is 2.25. The van der Waals surface area contributed by atoms with Crippen LogP contribution in [0.3, 0.4) is 0 Å². The predicted octanol–water partition coefficient (Wildman–Crippen LogP) is 3.09. The van der Waals surface area contributed by atoms with E-state index in [0.29, 0.717) is 5.56 Å². The highest BCUT2D eigenvalue weighted by atomic mass is 19.4. The largest absolute Gasteiger partial charge is 0.425 e. The van der Waals surface area contributed by atoms with Gasteiger partial charge in [-0.1, -0.05) is 30.3 Å². The van der Waals surface area contributed by atoms with Gasteiger partial charge in [-0.25, -0.2) is 0 Å². The van der Waals surface area contributed by atoms with E-state index in [1.54, 1.807) is 18.2 Å². The summed E-state index contributed by atoms with van der Waals surface area (Å²) >= 11 is 0. The predicted molar refractivity (Wildman–Crippen MR) is 47.1 cm³/mol. The summed E-state index contributed by atoms with van der Waals surface area (Å²) in [7, 11) is 0. The lowest BCUT2D eigenvalue weighted by Gasteiger charge is -2.26. The van der Waals surface area contributed by atoms with Gasteiger partial charge in [-0.15, -0.1) is 0 Å². The lowest BCUT2D eigenvalue weighted by Crippen LogP contribution is -2.39. The summed E-state index contributed by atoms with van der Waals surface area (Å²) in [6.07, 6.45) is -2.36. The van der Waals surface area contributed by atoms with Crippen molar-refractivity contribution in [1.29, 1.82) is 0 Å². The molecule has 1 aromatic rings. The van der Waals surface area contributed by atoms with Gasteiger partial charge in [0.05, 0.1) is 0 Å². The number of ether oxygens (including phenoxy) is 1. The van der Waals surface area contributed by atoms with Crippen LogP contribution in [-0.4, -0.2) is 6.18 Å². The van der Waals surface area contributed by atoms with Gasteiger partial charge in [0.25, 0.3) is 0 Å². The fraction of sp³-hybridized carbons (Fsp3) is 0.273. The second-order valence-corrected chi connectivity index (χ2v) is 3.72. The highest BCUT2D eigenvalue weighted by Crippen LogP contribution is 2.57. The summed E-state index contributed by atoms with van der Waals surface area (Å²) in [6.45, 7) is 0. The fourth-order valence-corrected chi connectivity index (χ4v) is 2.22. The number of rotatable bonds is 0. The number of halogens is 3. The first-order chi connectivity index (χ1) is 7.05. The first-order valence-electron chi connectivity index (χ1n) is 4.58. The Morgan fingerprint density at radius 2 is 1.93 bits per heavy atom. The maximum Gasteiger partial charge on any atom is 0.425 e. The molecule has 2 aliphatic rings. The maximum absolute atomic E-state index is 12.9. The van der Waals surface area contributed by atoms with Crippen molar-refractivity contribution in [1.82, 2.24) is 0 Å². The van der Waals surface area contributed by atoms with Gasteiger partial charge in [-0.2, -0.15) is 13.2 Å². The van der Waals surface area contributed by atoms with Crippen molar-refractivity contribution in [3.8, 4) is 0 Å². The van der Waals surface area contributed by atoms with Crippen LogP contribution in [0.1, 0.15) is 17.2 Å². The zero-order valence-electron chi connectivity index (χ0n) is 7.58. The van der Waals surface area contributed by atoms with E-state index in [0.717, 1.165) is 6.08 Å². The van der Waals surface area contributed by atoms with Crippen LogP contribution in [-0.2, 0) is 10.3 Å². The SMILES string of the molecule is FC(F)(F)C12C=CC(O1)c1ccccc12. The molecule has 78 valence electrons. The van der Waals surface area contributed by atoms with Crippen LogP contribution in [0.2, 0.25) is 0 Å². The van der Waals surface area contributed by atoms with E-state index in [1.165, 1.54) is 12.1 Å². The highest BCUT2D eigenvalue weighted by molar-refractivity contribution is 5.48. The van der Waals surface area contributed by atoms with Crippen LogP contribution < -0.4 is 0 Å². The second kappa shape index (κ2) is 2.44. The molecule has 3 rings (SSSR count). The number of hydrogen-bond donors (Lipinski definition) is 0. The van der Waals surface area contributed by atoms with E-state index in [2.05, 4.69) is 0 Å². The van der Waals surface area contributed by atoms with Crippen molar-refractivity contribution in [3.63, 3.8) is 0 Å². The average molecular weight is 212 g/mol. The minimum Gasteiger partial charge on any atom is -0.345 e. The molecule has 0 saturated heterocycles. The molecule has 0 aromatic heterocycles. The molecule has 2 unspecified atom stereocenters. The van der Waals surface area contributed by atoms with Crippen LogP contribution in [0, 0.1) is 0 Å². The van der Waals surface area contributed by atoms with E-state index in [9.17, 15) is 13.2 Å². The Morgan fingerprint density at radius 1 is 1.20 bits per heavy atom. The molecule has 1 aromatic carbocycles. The molecule has 0 amide bonds. The van der Waals surface area contributed by atoms with Crippen molar-refractivity contribution in [2.45, 2.75) is 17.9 Å². The molecule has 0 radical (unpaired) electrons. The number of hydrogen-bond acceptors (Lipinski definition) is 1. The molecule has 0 N–H and O–H groups in total. The Labute approximate surface area is 84.2 Å². The molecule has 1 nitrogen and oxygen atoms in total. The fourth-order valence-electron chi connectivity index (χ4n) is 2.22. The van der Waals surface area contributed by atoms with E-state index in [1.807, 2.05) is 0 Å². The summed E-state index contributed by atoms with van der Waals surface area (Å²) in [5, 5.41) is 0. The molecule has 4 heteroatoms. The summed E-state index contributed by atoms with van der Waals surface area (Å²) in [6, 6.07) is 6.48. The Kier molecular flexibility index (Phi) is 1.46. The minimum absolute atomic E-state index is 0.227. The van der Waals surface area contributed by atoms with Gasteiger partial charge in [-0.3, -0.25) is 0 Å². The zero-order valence-corrected chi connectivity index (χ0v) is 7.58. The first kappa shape index (κ1) is 8.97. The Morgan fingerprint density at radius 3 is 2.67 bits per heavy atom. The van der Waals surface area contributed by atoms with Gasteiger partial charge < -0.3 is 4.74 Å². The second-order valence-electron chi connectivity index (χ2n) is 3.72. The van der Waals surface area contributed by atoms with E-state index >= 15 is 0 Å². The molecule has 2 bridgehead atoms. The summed E-state index contributed by atoms with van der Waals surface area (Å²) in [4.78, 5) is 0. The van der Waals surface area contributed by atoms with E-state index in [4.69, 9.17) is 4.74 Å².